The van der Waals surface area contributed by atoms with Crippen LogP contribution in [0.15, 0.2) is 41.4 Å². The van der Waals surface area contributed by atoms with Gasteiger partial charge in [-0.2, -0.15) is 0 Å². The molecule has 1 fully saturated rings. The third-order valence-corrected chi connectivity index (χ3v) is 3.44. The number of piperidine rings is 1. The summed E-state index contributed by atoms with van der Waals surface area (Å²) in [6.07, 6.45) is 7.59. The van der Waals surface area contributed by atoms with E-state index in [4.69, 9.17) is 4.42 Å². The smallest absolute Gasteiger partial charge is 0.291 e. The first kappa shape index (κ1) is 11.9. The van der Waals surface area contributed by atoms with E-state index in [2.05, 4.69) is 9.97 Å². The summed E-state index contributed by atoms with van der Waals surface area (Å²) in [6.45, 7) is 0.737. The van der Waals surface area contributed by atoms with E-state index in [0.717, 1.165) is 31.5 Å². The molecule has 1 aliphatic heterocycles. The summed E-state index contributed by atoms with van der Waals surface area (Å²) >= 11 is 0. The van der Waals surface area contributed by atoms with E-state index in [-0.39, 0.29) is 11.9 Å². The lowest BCUT2D eigenvalue weighted by Gasteiger charge is -2.34. The van der Waals surface area contributed by atoms with Gasteiger partial charge in [-0.1, -0.05) is 6.07 Å². The summed E-state index contributed by atoms with van der Waals surface area (Å²) in [5, 5.41) is 0. The zero-order valence-corrected chi connectivity index (χ0v) is 10.5. The molecule has 0 radical (unpaired) electrons. The number of carbonyl (C=O) groups is 1. The number of hydrogen-bond donors (Lipinski definition) is 0. The Morgan fingerprint density at radius 3 is 3.05 bits per heavy atom. The molecular weight excluding hydrogens is 242 g/mol. The van der Waals surface area contributed by atoms with Crippen LogP contribution in [-0.4, -0.2) is 27.3 Å². The molecule has 98 valence electrons. The Morgan fingerprint density at radius 2 is 2.32 bits per heavy atom. The number of hydrogen-bond acceptors (Lipinski definition) is 4. The van der Waals surface area contributed by atoms with E-state index >= 15 is 0 Å². The Kier molecular flexibility index (Phi) is 3.27. The van der Waals surface area contributed by atoms with Gasteiger partial charge in [-0.15, -0.1) is 0 Å². The molecule has 0 saturated carbocycles. The van der Waals surface area contributed by atoms with Crippen LogP contribution in [0.2, 0.25) is 0 Å². The first-order valence-electron chi connectivity index (χ1n) is 6.46. The zero-order valence-electron chi connectivity index (χ0n) is 10.5. The number of nitrogens with zero attached hydrogens (tertiary/aromatic N) is 3. The third-order valence-electron chi connectivity index (χ3n) is 3.44. The predicted molar refractivity (Wildman–Crippen MR) is 68.4 cm³/mol. The van der Waals surface area contributed by atoms with Crippen molar-refractivity contribution in [1.82, 2.24) is 14.9 Å². The normalized spacial score (nSPS) is 19.4. The number of likely N-dealkylation sites (tertiary alicyclic amines) is 1. The maximum absolute atomic E-state index is 12.4. The fourth-order valence-corrected chi connectivity index (χ4v) is 2.52. The minimum atomic E-state index is -0.104. The van der Waals surface area contributed by atoms with Gasteiger partial charge < -0.3 is 9.32 Å². The monoisotopic (exact) mass is 257 g/mol. The predicted octanol–water partition coefficient (Wildman–Crippen LogP) is 2.44. The van der Waals surface area contributed by atoms with Gasteiger partial charge in [-0.3, -0.25) is 9.78 Å². The second-order valence-corrected chi connectivity index (χ2v) is 4.63. The summed E-state index contributed by atoms with van der Waals surface area (Å²) in [5.41, 5.74) is 0.940. The molecule has 0 aliphatic carbocycles. The van der Waals surface area contributed by atoms with Crippen LogP contribution in [0.4, 0.5) is 0 Å². The molecule has 2 aromatic heterocycles. The molecule has 0 unspecified atom stereocenters. The lowest BCUT2D eigenvalue weighted by atomic mass is 9.98. The summed E-state index contributed by atoms with van der Waals surface area (Å²) < 4.78 is 5.11. The van der Waals surface area contributed by atoms with Crippen molar-refractivity contribution in [2.45, 2.75) is 25.3 Å². The Hall–Kier alpha value is -2.17. The zero-order chi connectivity index (χ0) is 13.1. The van der Waals surface area contributed by atoms with Gasteiger partial charge >= 0.3 is 0 Å². The van der Waals surface area contributed by atoms with Gasteiger partial charge in [-0.25, -0.2) is 4.98 Å². The van der Waals surface area contributed by atoms with Crippen LogP contribution in [0.25, 0.3) is 0 Å². The molecule has 2 aromatic rings. The van der Waals surface area contributed by atoms with Crippen molar-refractivity contribution in [3.05, 3.63) is 48.4 Å². The highest BCUT2D eigenvalue weighted by atomic mass is 16.3. The molecule has 0 N–H and O–H groups in total. The molecule has 3 heterocycles. The molecule has 1 amide bonds. The second kappa shape index (κ2) is 5.22. The molecule has 0 spiro atoms. The van der Waals surface area contributed by atoms with Crippen molar-refractivity contribution in [1.29, 1.82) is 0 Å². The van der Waals surface area contributed by atoms with Crippen molar-refractivity contribution in [3.8, 4) is 0 Å². The van der Waals surface area contributed by atoms with Crippen LogP contribution in [0.1, 0.15) is 41.6 Å². The van der Waals surface area contributed by atoms with E-state index in [1.54, 1.807) is 6.20 Å². The number of aromatic nitrogens is 2. The van der Waals surface area contributed by atoms with Gasteiger partial charge in [0.15, 0.2) is 6.39 Å². The minimum absolute atomic E-state index is 0.0348. The quantitative estimate of drug-likeness (QED) is 0.829. The van der Waals surface area contributed by atoms with Gasteiger partial charge in [0.2, 0.25) is 5.76 Å². The van der Waals surface area contributed by atoms with E-state index in [0.29, 0.717) is 5.76 Å². The average Bonchev–Trinajstić information content (AvgIpc) is 3.02. The number of pyridine rings is 1. The van der Waals surface area contributed by atoms with Gasteiger partial charge in [-0.05, 0) is 31.4 Å². The van der Waals surface area contributed by atoms with Crippen molar-refractivity contribution in [2.24, 2.45) is 0 Å². The summed E-state index contributed by atoms with van der Waals surface area (Å²) in [7, 11) is 0. The van der Waals surface area contributed by atoms with Crippen LogP contribution in [0.3, 0.4) is 0 Å². The summed E-state index contributed by atoms with van der Waals surface area (Å²) in [6, 6.07) is 5.84. The van der Waals surface area contributed by atoms with E-state index < -0.39 is 0 Å². The minimum Gasteiger partial charge on any atom is -0.438 e. The molecule has 5 nitrogen and oxygen atoms in total. The Balaban J connectivity index is 1.87. The van der Waals surface area contributed by atoms with Gasteiger partial charge in [0.1, 0.15) is 0 Å². The molecular formula is C14H15N3O2. The second-order valence-electron chi connectivity index (χ2n) is 4.63. The average molecular weight is 257 g/mol. The fourth-order valence-electron chi connectivity index (χ4n) is 2.52. The van der Waals surface area contributed by atoms with E-state index in [1.807, 2.05) is 23.1 Å². The van der Waals surface area contributed by atoms with Crippen LogP contribution >= 0.6 is 0 Å². The SMILES string of the molecule is O=C(c1cnco1)N1CCCC[C@H]1c1ccccn1. The Bertz CT molecular complexity index is 539. The number of oxazole rings is 1. The molecule has 1 aliphatic rings. The van der Waals surface area contributed by atoms with Gasteiger partial charge in [0, 0.05) is 12.7 Å². The molecule has 0 bridgehead atoms. The molecule has 1 atom stereocenters. The summed E-state index contributed by atoms with van der Waals surface area (Å²) in [4.78, 5) is 22.4. The molecule has 3 rings (SSSR count). The van der Waals surface area contributed by atoms with Crippen molar-refractivity contribution < 1.29 is 9.21 Å². The summed E-state index contributed by atoms with van der Waals surface area (Å²) in [5.74, 6) is 0.190. The number of carbonyl (C=O) groups excluding carboxylic acids is 1. The maximum Gasteiger partial charge on any atom is 0.291 e. The van der Waals surface area contributed by atoms with Gasteiger partial charge in [0.25, 0.3) is 5.91 Å². The molecule has 0 aromatic carbocycles. The number of amides is 1. The third kappa shape index (κ3) is 2.36. The molecule has 5 heteroatoms. The Morgan fingerprint density at radius 1 is 1.37 bits per heavy atom. The van der Waals surface area contributed by atoms with Crippen LogP contribution < -0.4 is 0 Å². The highest BCUT2D eigenvalue weighted by Crippen LogP contribution is 2.30. The standard InChI is InChI=1S/C14H15N3O2/c18-14(13-9-15-10-19-13)17-8-4-2-6-12(17)11-5-1-3-7-16-11/h1,3,5,7,9-10,12H,2,4,6,8H2/t12-/m0/s1. The molecule has 1 saturated heterocycles. The highest BCUT2D eigenvalue weighted by molar-refractivity contribution is 5.91. The Labute approximate surface area is 111 Å². The topological polar surface area (TPSA) is 59.2 Å². The molecule has 19 heavy (non-hydrogen) atoms. The van der Waals surface area contributed by atoms with Crippen LogP contribution in [0, 0.1) is 0 Å². The van der Waals surface area contributed by atoms with Crippen molar-refractivity contribution in [3.63, 3.8) is 0 Å². The highest BCUT2D eigenvalue weighted by Gasteiger charge is 2.30. The first-order valence-corrected chi connectivity index (χ1v) is 6.46. The van der Waals surface area contributed by atoms with Crippen LogP contribution in [0.5, 0.6) is 0 Å². The van der Waals surface area contributed by atoms with Crippen LogP contribution in [-0.2, 0) is 0 Å². The fraction of sp³-hybridized carbons (Fsp3) is 0.357. The maximum atomic E-state index is 12.4. The van der Waals surface area contributed by atoms with Crippen molar-refractivity contribution >= 4 is 5.91 Å². The lowest BCUT2D eigenvalue weighted by molar-refractivity contribution is 0.0573. The largest absolute Gasteiger partial charge is 0.438 e. The number of rotatable bonds is 2. The lowest BCUT2D eigenvalue weighted by Crippen LogP contribution is -2.38. The van der Waals surface area contributed by atoms with Crippen molar-refractivity contribution in [2.75, 3.05) is 6.54 Å². The van der Waals surface area contributed by atoms with E-state index in [9.17, 15) is 4.79 Å². The van der Waals surface area contributed by atoms with Gasteiger partial charge in [0.05, 0.1) is 17.9 Å². The first-order chi connectivity index (χ1) is 9.36. The van der Waals surface area contributed by atoms with E-state index in [1.165, 1.54) is 12.6 Å².